The van der Waals surface area contributed by atoms with Gasteiger partial charge in [-0.3, -0.25) is 4.79 Å². The summed E-state index contributed by atoms with van der Waals surface area (Å²) in [6, 6.07) is 21.1. The van der Waals surface area contributed by atoms with Gasteiger partial charge in [-0.05, 0) is 47.9 Å². The van der Waals surface area contributed by atoms with E-state index in [1.165, 1.54) is 24.3 Å². The number of nitrogens with one attached hydrogen (secondary N) is 1. The highest BCUT2D eigenvalue weighted by Crippen LogP contribution is 2.37. The molecule has 0 aromatic heterocycles. The predicted octanol–water partition coefficient (Wildman–Crippen LogP) is 4.95. The second-order valence-electron chi connectivity index (χ2n) is 6.36. The third-order valence-corrected chi connectivity index (χ3v) is 4.45. The lowest BCUT2D eigenvalue weighted by Gasteiger charge is -2.37. The van der Waals surface area contributed by atoms with Gasteiger partial charge in [0.25, 0.3) is 0 Å². The molecule has 0 radical (unpaired) electrons. The van der Waals surface area contributed by atoms with E-state index in [2.05, 4.69) is 11.9 Å². The zero-order valence-corrected chi connectivity index (χ0v) is 14.9. The van der Waals surface area contributed by atoms with Gasteiger partial charge < -0.3 is 5.32 Å². The molecule has 0 aliphatic carbocycles. The van der Waals surface area contributed by atoms with Crippen LogP contribution in [-0.2, 0) is 10.3 Å². The molecule has 0 heterocycles. The highest BCUT2D eigenvalue weighted by Gasteiger charge is 2.38. The molecule has 27 heavy (non-hydrogen) atoms. The Labute approximate surface area is 157 Å². The number of carbonyl (C=O) groups excluding carboxylic acids is 1. The van der Waals surface area contributed by atoms with Gasteiger partial charge in [0.15, 0.2) is 0 Å². The Morgan fingerprint density at radius 2 is 1.19 bits per heavy atom. The van der Waals surface area contributed by atoms with Crippen LogP contribution < -0.4 is 5.32 Å². The topological polar surface area (TPSA) is 29.1 Å². The van der Waals surface area contributed by atoms with Crippen molar-refractivity contribution in [2.24, 2.45) is 0 Å². The molecule has 0 aliphatic heterocycles. The van der Waals surface area contributed by atoms with Crippen LogP contribution in [0.3, 0.4) is 0 Å². The maximum Gasteiger partial charge on any atom is 0.247 e. The fourth-order valence-corrected chi connectivity index (χ4v) is 3.08. The van der Waals surface area contributed by atoms with E-state index in [1.54, 1.807) is 31.2 Å². The fourth-order valence-electron chi connectivity index (χ4n) is 3.08. The van der Waals surface area contributed by atoms with Crippen LogP contribution in [0.2, 0.25) is 0 Å². The Kier molecular flexibility index (Phi) is 5.17. The molecule has 136 valence electrons. The molecule has 0 saturated heterocycles. The van der Waals surface area contributed by atoms with Gasteiger partial charge in [0.1, 0.15) is 17.2 Å². The minimum atomic E-state index is -1.13. The number of hydrogen-bond donors (Lipinski definition) is 1. The quantitative estimate of drug-likeness (QED) is 0.504. The number of amides is 1. The number of halogens is 2. The van der Waals surface area contributed by atoms with Gasteiger partial charge in [0, 0.05) is 5.57 Å². The van der Waals surface area contributed by atoms with Crippen molar-refractivity contribution in [3.8, 4) is 0 Å². The minimum Gasteiger partial charge on any atom is -0.335 e. The summed E-state index contributed by atoms with van der Waals surface area (Å²) in [7, 11) is 0. The summed E-state index contributed by atoms with van der Waals surface area (Å²) in [5, 5.41) is 3.03. The Bertz CT molecular complexity index is 902. The van der Waals surface area contributed by atoms with Crippen LogP contribution in [0.25, 0.3) is 0 Å². The van der Waals surface area contributed by atoms with Crippen molar-refractivity contribution < 1.29 is 13.6 Å². The van der Waals surface area contributed by atoms with Crippen molar-refractivity contribution >= 4 is 5.91 Å². The number of rotatable bonds is 5. The van der Waals surface area contributed by atoms with Crippen molar-refractivity contribution in [3.63, 3.8) is 0 Å². The molecule has 3 rings (SSSR count). The molecule has 0 bridgehead atoms. The SMILES string of the molecule is C=C(C)C(=O)NC(c1ccccc1)(c1ccc(F)cc1)c1ccc(F)cc1. The third-order valence-electron chi connectivity index (χ3n) is 4.45. The number of benzene rings is 3. The van der Waals surface area contributed by atoms with Gasteiger partial charge >= 0.3 is 0 Å². The normalized spacial score (nSPS) is 11.1. The van der Waals surface area contributed by atoms with Gasteiger partial charge in [-0.1, -0.05) is 61.2 Å². The Balaban J connectivity index is 2.33. The summed E-state index contributed by atoms with van der Waals surface area (Å²) in [6.45, 7) is 5.33. The average Bonchev–Trinajstić information content (AvgIpc) is 2.68. The van der Waals surface area contributed by atoms with E-state index >= 15 is 0 Å². The first-order valence-corrected chi connectivity index (χ1v) is 8.49. The lowest BCUT2D eigenvalue weighted by molar-refractivity contribution is -0.118. The maximum atomic E-state index is 13.6. The first-order chi connectivity index (χ1) is 12.9. The third kappa shape index (κ3) is 3.65. The molecule has 1 N–H and O–H groups in total. The predicted molar refractivity (Wildman–Crippen MR) is 102 cm³/mol. The molecule has 2 nitrogen and oxygen atoms in total. The Morgan fingerprint density at radius 3 is 1.59 bits per heavy atom. The van der Waals surface area contributed by atoms with Crippen LogP contribution in [0.15, 0.2) is 91.0 Å². The van der Waals surface area contributed by atoms with E-state index < -0.39 is 5.54 Å². The summed E-state index contributed by atoms with van der Waals surface area (Å²) >= 11 is 0. The average molecular weight is 363 g/mol. The highest BCUT2D eigenvalue weighted by atomic mass is 19.1. The Morgan fingerprint density at radius 1 is 0.778 bits per heavy atom. The van der Waals surface area contributed by atoms with E-state index in [1.807, 2.05) is 30.3 Å². The lowest BCUT2D eigenvalue weighted by atomic mass is 9.76. The van der Waals surface area contributed by atoms with E-state index in [0.29, 0.717) is 16.7 Å². The van der Waals surface area contributed by atoms with E-state index in [0.717, 1.165) is 5.56 Å². The van der Waals surface area contributed by atoms with Crippen LogP contribution in [0.4, 0.5) is 8.78 Å². The fraction of sp³-hybridized carbons (Fsp3) is 0.0870. The van der Waals surface area contributed by atoms with E-state index in [4.69, 9.17) is 0 Å². The molecule has 1 amide bonds. The molecule has 0 fully saturated rings. The molecular formula is C23H19F2NO. The van der Waals surface area contributed by atoms with Crippen molar-refractivity contribution in [1.82, 2.24) is 5.32 Å². The van der Waals surface area contributed by atoms with Crippen molar-refractivity contribution in [3.05, 3.63) is 119 Å². The summed E-state index contributed by atoms with van der Waals surface area (Å²) in [5.74, 6) is -1.12. The second kappa shape index (κ2) is 7.54. The summed E-state index contributed by atoms with van der Waals surface area (Å²) in [4.78, 5) is 12.7. The monoisotopic (exact) mass is 363 g/mol. The zero-order chi connectivity index (χ0) is 19.4. The lowest BCUT2D eigenvalue weighted by Crippen LogP contribution is -2.48. The molecule has 4 heteroatoms. The zero-order valence-electron chi connectivity index (χ0n) is 14.9. The van der Waals surface area contributed by atoms with E-state index in [9.17, 15) is 13.6 Å². The molecular weight excluding hydrogens is 344 g/mol. The van der Waals surface area contributed by atoms with Gasteiger partial charge in [-0.15, -0.1) is 0 Å². The molecule has 0 aliphatic rings. The second-order valence-corrected chi connectivity index (χ2v) is 6.36. The van der Waals surface area contributed by atoms with Crippen LogP contribution in [0.5, 0.6) is 0 Å². The largest absolute Gasteiger partial charge is 0.335 e. The van der Waals surface area contributed by atoms with Crippen molar-refractivity contribution in [2.75, 3.05) is 0 Å². The maximum absolute atomic E-state index is 13.6. The van der Waals surface area contributed by atoms with Crippen molar-refractivity contribution in [2.45, 2.75) is 12.5 Å². The van der Waals surface area contributed by atoms with E-state index in [-0.39, 0.29) is 17.5 Å². The molecule has 0 atom stereocenters. The summed E-state index contributed by atoms with van der Waals surface area (Å²) in [5.41, 5.74) is 1.27. The van der Waals surface area contributed by atoms with Crippen LogP contribution >= 0.6 is 0 Å². The van der Waals surface area contributed by atoms with Gasteiger partial charge in [0.2, 0.25) is 5.91 Å². The molecule has 0 spiro atoms. The Hall–Kier alpha value is -3.27. The van der Waals surface area contributed by atoms with Crippen LogP contribution in [0, 0.1) is 11.6 Å². The molecule has 3 aromatic carbocycles. The molecule has 0 saturated carbocycles. The number of carbonyl (C=O) groups is 1. The number of hydrogen-bond acceptors (Lipinski definition) is 1. The smallest absolute Gasteiger partial charge is 0.247 e. The molecule has 0 unspecified atom stereocenters. The van der Waals surface area contributed by atoms with Gasteiger partial charge in [-0.2, -0.15) is 0 Å². The standard InChI is InChI=1S/C23H19F2NO/c1-16(2)22(27)26-23(17-6-4-3-5-7-17,18-8-12-20(24)13-9-18)19-10-14-21(25)15-11-19/h3-15H,1H2,2H3,(H,26,27). The van der Waals surface area contributed by atoms with Gasteiger partial charge in [-0.25, -0.2) is 8.78 Å². The first kappa shape index (κ1) is 18.5. The summed E-state index contributed by atoms with van der Waals surface area (Å²) < 4.78 is 27.1. The van der Waals surface area contributed by atoms with Crippen molar-refractivity contribution in [1.29, 1.82) is 0 Å². The van der Waals surface area contributed by atoms with Gasteiger partial charge in [0.05, 0.1) is 0 Å². The minimum absolute atomic E-state index is 0.333. The van der Waals surface area contributed by atoms with Crippen LogP contribution in [-0.4, -0.2) is 5.91 Å². The highest BCUT2D eigenvalue weighted by molar-refractivity contribution is 5.93. The summed E-state index contributed by atoms with van der Waals surface area (Å²) in [6.07, 6.45) is 0. The first-order valence-electron chi connectivity index (χ1n) is 8.49. The van der Waals surface area contributed by atoms with Crippen LogP contribution in [0.1, 0.15) is 23.6 Å². The molecule has 3 aromatic rings.